The van der Waals surface area contributed by atoms with E-state index in [9.17, 15) is 0 Å². The number of hydrogen-bond donors (Lipinski definition) is 2. The maximum absolute atomic E-state index is 9.12. The van der Waals surface area contributed by atoms with Crippen molar-refractivity contribution < 1.29 is 5.11 Å². The van der Waals surface area contributed by atoms with Crippen molar-refractivity contribution in [2.75, 3.05) is 31.1 Å². The third-order valence-corrected chi connectivity index (χ3v) is 4.27. The highest BCUT2D eigenvalue weighted by Gasteiger charge is 2.26. The molecule has 0 spiro atoms. The molecule has 1 fully saturated rings. The van der Waals surface area contributed by atoms with Crippen LogP contribution in [-0.2, 0) is 6.54 Å². The highest BCUT2D eigenvalue weighted by atomic mass is 16.3. The van der Waals surface area contributed by atoms with Gasteiger partial charge in [-0.05, 0) is 37.4 Å². The van der Waals surface area contributed by atoms with E-state index in [1.165, 1.54) is 5.69 Å². The zero-order chi connectivity index (χ0) is 14.7. The number of aromatic nitrogens is 2. The van der Waals surface area contributed by atoms with Crippen molar-refractivity contribution in [2.45, 2.75) is 26.3 Å². The maximum atomic E-state index is 9.12. The second-order valence-corrected chi connectivity index (χ2v) is 5.70. The quantitative estimate of drug-likeness (QED) is 0.849. The molecule has 2 aromatic heterocycles. The highest BCUT2D eigenvalue weighted by molar-refractivity contribution is 5.56. The lowest BCUT2D eigenvalue weighted by Crippen LogP contribution is -2.23. The Hall–Kier alpha value is -1.59. The Bertz CT molecular complexity index is 595. The number of anilines is 1. The average Bonchev–Trinajstić information content (AvgIpc) is 3.09. The first-order chi connectivity index (χ1) is 10.3. The van der Waals surface area contributed by atoms with Crippen LogP contribution in [0.3, 0.4) is 0 Å². The Kier molecular flexibility index (Phi) is 4.41. The second-order valence-electron chi connectivity index (χ2n) is 5.70. The summed E-state index contributed by atoms with van der Waals surface area (Å²) in [5.41, 5.74) is 2.24. The zero-order valence-electron chi connectivity index (χ0n) is 12.6. The summed E-state index contributed by atoms with van der Waals surface area (Å²) in [7, 11) is 0. The van der Waals surface area contributed by atoms with Crippen molar-refractivity contribution in [3.8, 4) is 0 Å². The Labute approximate surface area is 125 Å². The summed E-state index contributed by atoms with van der Waals surface area (Å²) < 4.78 is 2.18. The van der Waals surface area contributed by atoms with Gasteiger partial charge in [0.25, 0.3) is 0 Å². The molecule has 0 radical (unpaired) electrons. The van der Waals surface area contributed by atoms with Crippen LogP contribution in [0.2, 0.25) is 0 Å². The fraction of sp³-hybridized carbons (Fsp3) is 0.562. The van der Waals surface area contributed by atoms with Crippen molar-refractivity contribution in [1.29, 1.82) is 0 Å². The Morgan fingerprint density at radius 2 is 2.33 bits per heavy atom. The molecule has 21 heavy (non-hydrogen) atoms. The SMILES string of the molecule is CCNCc1c(N2CCC(CCO)C2)nc2ccccn12. The lowest BCUT2D eigenvalue weighted by molar-refractivity contribution is 0.263. The van der Waals surface area contributed by atoms with Crippen molar-refractivity contribution in [3.05, 3.63) is 30.1 Å². The summed E-state index contributed by atoms with van der Waals surface area (Å²) in [4.78, 5) is 7.20. The molecule has 2 N–H and O–H groups in total. The van der Waals surface area contributed by atoms with Gasteiger partial charge in [0.1, 0.15) is 5.65 Å². The normalized spacial score (nSPS) is 18.8. The molecule has 2 aromatic rings. The second kappa shape index (κ2) is 6.45. The third kappa shape index (κ3) is 2.89. The van der Waals surface area contributed by atoms with Gasteiger partial charge in [0.05, 0.1) is 5.69 Å². The van der Waals surface area contributed by atoms with Crippen LogP contribution in [0.5, 0.6) is 0 Å². The van der Waals surface area contributed by atoms with Crippen LogP contribution in [0.15, 0.2) is 24.4 Å². The van der Waals surface area contributed by atoms with Crippen LogP contribution in [0.4, 0.5) is 5.82 Å². The lowest BCUT2D eigenvalue weighted by atomic mass is 10.1. The van der Waals surface area contributed by atoms with Crippen molar-refractivity contribution in [1.82, 2.24) is 14.7 Å². The van der Waals surface area contributed by atoms with Crippen LogP contribution in [0.25, 0.3) is 5.65 Å². The molecule has 1 atom stereocenters. The number of nitrogens with zero attached hydrogens (tertiary/aromatic N) is 3. The van der Waals surface area contributed by atoms with Crippen LogP contribution in [-0.4, -0.2) is 40.7 Å². The minimum Gasteiger partial charge on any atom is -0.396 e. The standard InChI is InChI=1S/C16H24N4O/c1-2-17-11-14-16(18-15-5-3-4-8-20(14)15)19-9-6-13(12-19)7-10-21/h3-5,8,13,17,21H,2,6-7,9-12H2,1H3. The summed E-state index contributed by atoms with van der Waals surface area (Å²) in [5, 5.41) is 12.5. The molecule has 1 unspecified atom stereocenters. The zero-order valence-corrected chi connectivity index (χ0v) is 12.6. The van der Waals surface area contributed by atoms with E-state index in [0.29, 0.717) is 5.92 Å². The molecule has 3 rings (SSSR count). The fourth-order valence-electron chi connectivity index (χ4n) is 3.14. The molecule has 0 amide bonds. The van der Waals surface area contributed by atoms with Crippen LogP contribution < -0.4 is 10.2 Å². The van der Waals surface area contributed by atoms with Gasteiger partial charge in [-0.3, -0.25) is 0 Å². The summed E-state index contributed by atoms with van der Waals surface area (Å²) in [6, 6.07) is 6.13. The maximum Gasteiger partial charge on any atom is 0.152 e. The van der Waals surface area contributed by atoms with Gasteiger partial charge in [-0.25, -0.2) is 4.98 Å². The van der Waals surface area contributed by atoms with E-state index in [0.717, 1.165) is 50.5 Å². The first-order valence-electron chi connectivity index (χ1n) is 7.86. The van der Waals surface area contributed by atoms with E-state index in [4.69, 9.17) is 10.1 Å². The average molecular weight is 288 g/mol. The Morgan fingerprint density at radius 1 is 1.43 bits per heavy atom. The van der Waals surface area contributed by atoms with Crippen LogP contribution in [0.1, 0.15) is 25.5 Å². The van der Waals surface area contributed by atoms with Gasteiger partial charge in [-0.15, -0.1) is 0 Å². The topological polar surface area (TPSA) is 52.8 Å². The number of fused-ring (bicyclic) bond motifs is 1. The molecule has 114 valence electrons. The third-order valence-electron chi connectivity index (χ3n) is 4.27. The van der Waals surface area contributed by atoms with Gasteiger partial charge in [0.15, 0.2) is 5.82 Å². The fourth-order valence-corrected chi connectivity index (χ4v) is 3.14. The van der Waals surface area contributed by atoms with Gasteiger partial charge in [-0.2, -0.15) is 0 Å². The molecule has 1 aliphatic heterocycles. The summed E-state index contributed by atoms with van der Waals surface area (Å²) in [5.74, 6) is 1.69. The first-order valence-corrected chi connectivity index (χ1v) is 7.86. The largest absolute Gasteiger partial charge is 0.396 e. The number of hydrogen-bond acceptors (Lipinski definition) is 4. The number of imidazole rings is 1. The van der Waals surface area contributed by atoms with Gasteiger partial charge >= 0.3 is 0 Å². The number of nitrogens with one attached hydrogen (secondary N) is 1. The van der Waals surface area contributed by atoms with E-state index < -0.39 is 0 Å². The van der Waals surface area contributed by atoms with E-state index in [1.807, 2.05) is 12.1 Å². The smallest absolute Gasteiger partial charge is 0.152 e. The molecule has 1 saturated heterocycles. The molecule has 0 aromatic carbocycles. The van der Waals surface area contributed by atoms with Gasteiger partial charge in [0, 0.05) is 32.4 Å². The van der Waals surface area contributed by atoms with Gasteiger partial charge < -0.3 is 19.7 Å². The number of rotatable bonds is 6. The lowest BCUT2D eigenvalue weighted by Gasteiger charge is -2.18. The molecular weight excluding hydrogens is 264 g/mol. The molecular formula is C16H24N4O. The predicted octanol–water partition coefficient (Wildman–Crippen LogP) is 1.65. The minimum absolute atomic E-state index is 0.286. The summed E-state index contributed by atoms with van der Waals surface area (Å²) >= 11 is 0. The molecule has 1 aliphatic rings. The van der Waals surface area contributed by atoms with Gasteiger partial charge in [0.2, 0.25) is 0 Å². The van der Waals surface area contributed by atoms with Gasteiger partial charge in [-0.1, -0.05) is 13.0 Å². The van der Waals surface area contributed by atoms with E-state index in [2.05, 4.69) is 33.8 Å². The monoisotopic (exact) mass is 288 g/mol. The summed E-state index contributed by atoms with van der Waals surface area (Å²) in [6.07, 6.45) is 4.13. The van der Waals surface area contributed by atoms with E-state index in [-0.39, 0.29) is 6.61 Å². The number of aliphatic hydroxyl groups excluding tert-OH is 1. The van der Waals surface area contributed by atoms with Crippen LogP contribution in [0, 0.1) is 5.92 Å². The van der Waals surface area contributed by atoms with E-state index >= 15 is 0 Å². The summed E-state index contributed by atoms with van der Waals surface area (Å²) in [6.45, 7) is 6.23. The predicted molar refractivity (Wildman–Crippen MR) is 84.6 cm³/mol. The highest BCUT2D eigenvalue weighted by Crippen LogP contribution is 2.28. The first kappa shape index (κ1) is 14.4. The molecule has 3 heterocycles. The minimum atomic E-state index is 0.286. The molecule has 0 bridgehead atoms. The van der Waals surface area contributed by atoms with E-state index in [1.54, 1.807) is 0 Å². The van der Waals surface area contributed by atoms with Crippen molar-refractivity contribution in [3.63, 3.8) is 0 Å². The molecule has 5 nitrogen and oxygen atoms in total. The van der Waals surface area contributed by atoms with Crippen molar-refractivity contribution in [2.24, 2.45) is 5.92 Å². The molecule has 0 aliphatic carbocycles. The van der Waals surface area contributed by atoms with Crippen molar-refractivity contribution >= 4 is 11.5 Å². The molecule has 0 saturated carbocycles. The van der Waals surface area contributed by atoms with Crippen LogP contribution >= 0.6 is 0 Å². The number of aliphatic hydroxyl groups is 1. The Morgan fingerprint density at radius 3 is 3.14 bits per heavy atom. The Balaban J connectivity index is 1.90. The molecule has 5 heteroatoms. The number of pyridine rings is 1.